The highest BCUT2D eigenvalue weighted by atomic mass is 16.1. The number of carbonyl (C=O) groups is 1. The van der Waals surface area contributed by atoms with E-state index in [4.69, 9.17) is 0 Å². The molecule has 1 amide bonds. The number of hydrogen-bond donors (Lipinski definition) is 2. The van der Waals surface area contributed by atoms with Gasteiger partial charge in [-0.25, -0.2) is 0 Å². The van der Waals surface area contributed by atoms with E-state index < -0.39 is 0 Å². The van der Waals surface area contributed by atoms with Gasteiger partial charge in [-0.3, -0.25) is 4.79 Å². The van der Waals surface area contributed by atoms with Gasteiger partial charge in [0.1, 0.15) is 0 Å². The molecule has 2 aliphatic rings. The molecule has 0 saturated heterocycles. The van der Waals surface area contributed by atoms with E-state index in [1.807, 2.05) is 12.1 Å². The second kappa shape index (κ2) is 3.91. The molecule has 1 aromatic carbocycles. The lowest BCUT2D eigenvalue weighted by atomic mass is 10.1. The molecule has 0 spiro atoms. The predicted molar refractivity (Wildman–Crippen MR) is 62.0 cm³/mol. The Kier molecular flexibility index (Phi) is 2.40. The van der Waals surface area contributed by atoms with Gasteiger partial charge in [-0.05, 0) is 42.0 Å². The molecule has 1 aliphatic carbocycles. The van der Waals surface area contributed by atoms with Gasteiger partial charge in [-0.1, -0.05) is 6.07 Å². The van der Waals surface area contributed by atoms with Gasteiger partial charge in [0.25, 0.3) is 5.91 Å². The van der Waals surface area contributed by atoms with E-state index in [9.17, 15) is 4.79 Å². The van der Waals surface area contributed by atoms with Gasteiger partial charge in [0, 0.05) is 25.2 Å². The molecule has 16 heavy (non-hydrogen) atoms. The largest absolute Gasteiger partial charge is 0.352 e. The van der Waals surface area contributed by atoms with Crippen LogP contribution in [0.15, 0.2) is 18.2 Å². The molecule has 0 unspecified atom stereocenters. The van der Waals surface area contributed by atoms with Crippen molar-refractivity contribution >= 4 is 5.91 Å². The van der Waals surface area contributed by atoms with Crippen LogP contribution < -0.4 is 10.6 Å². The summed E-state index contributed by atoms with van der Waals surface area (Å²) in [6.45, 7) is 2.66. The van der Waals surface area contributed by atoms with E-state index in [2.05, 4.69) is 16.7 Å². The minimum absolute atomic E-state index is 0.0709. The summed E-state index contributed by atoms with van der Waals surface area (Å²) in [5.74, 6) is 0.807. The third kappa shape index (κ3) is 1.95. The normalized spacial score (nSPS) is 18.2. The van der Waals surface area contributed by atoms with Crippen molar-refractivity contribution in [2.45, 2.75) is 25.9 Å². The topological polar surface area (TPSA) is 41.1 Å². The molecule has 2 N–H and O–H groups in total. The molecular weight excluding hydrogens is 200 g/mol. The van der Waals surface area contributed by atoms with E-state index in [1.165, 1.54) is 24.0 Å². The second-order valence-electron chi connectivity index (χ2n) is 4.74. The quantitative estimate of drug-likeness (QED) is 0.802. The standard InChI is InChI=1S/C13H16N2O/c16-13(15-6-9-1-2-9)10-3-4-11-7-14-8-12(11)5-10/h3-5,9,14H,1-2,6-8H2,(H,15,16). The molecular formula is C13H16N2O. The fourth-order valence-corrected chi connectivity index (χ4v) is 2.10. The van der Waals surface area contributed by atoms with Crippen LogP contribution in [0.1, 0.15) is 34.3 Å². The van der Waals surface area contributed by atoms with E-state index in [0.717, 1.165) is 31.1 Å². The average molecular weight is 216 g/mol. The maximum Gasteiger partial charge on any atom is 0.251 e. The molecule has 3 nitrogen and oxygen atoms in total. The van der Waals surface area contributed by atoms with Crippen LogP contribution in [0.25, 0.3) is 0 Å². The van der Waals surface area contributed by atoms with Crippen molar-refractivity contribution in [2.24, 2.45) is 5.92 Å². The zero-order chi connectivity index (χ0) is 11.0. The van der Waals surface area contributed by atoms with Gasteiger partial charge >= 0.3 is 0 Å². The van der Waals surface area contributed by atoms with Gasteiger partial charge in [0.2, 0.25) is 0 Å². The Balaban J connectivity index is 1.70. The number of nitrogens with one attached hydrogen (secondary N) is 2. The average Bonchev–Trinajstić information content (AvgIpc) is 3.01. The molecule has 1 aromatic rings. The van der Waals surface area contributed by atoms with Crippen LogP contribution in [0.2, 0.25) is 0 Å². The van der Waals surface area contributed by atoms with Crippen LogP contribution in [0.4, 0.5) is 0 Å². The molecule has 0 atom stereocenters. The van der Waals surface area contributed by atoms with Crippen LogP contribution in [0.3, 0.4) is 0 Å². The summed E-state index contributed by atoms with van der Waals surface area (Å²) >= 11 is 0. The molecule has 1 aliphatic heterocycles. The van der Waals surface area contributed by atoms with Gasteiger partial charge in [-0.15, -0.1) is 0 Å². The van der Waals surface area contributed by atoms with Gasteiger partial charge in [0.05, 0.1) is 0 Å². The summed E-state index contributed by atoms with van der Waals surface area (Å²) in [7, 11) is 0. The van der Waals surface area contributed by atoms with Crippen molar-refractivity contribution in [1.29, 1.82) is 0 Å². The molecule has 3 heteroatoms. The second-order valence-corrected chi connectivity index (χ2v) is 4.74. The first-order chi connectivity index (χ1) is 7.83. The molecule has 1 heterocycles. The van der Waals surface area contributed by atoms with E-state index in [-0.39, 0.29) is 5.91 Å². The van der Waals surface area contributed by atoms with Crippen LogP contribution in [-0.4, -0.2) is 12.5 Å². The van der Waals surface area contributed by atoms with Crippen molar-refractivity contribution < 1.29 is 4.79 Å². The number of rotatable bonds is 3. The summed E-state index contributed by atoms with van der Waals surface area (Å²) in [6.07, 6.45) is 2.54. The first-order valence-electron chi connectivity index (χ1n) is 5.93. The highest BCUT2D eigenvalue weighted by Gasteiger charge is 2.22. The Hall–Kier alpha value is -1.35. The van der Waals surface area contributed by atoms with Crippen molar-refractivity contribution in [3.63, 3.8) is 0 Å². The monoisotopic (exact) mass is 216 g/mol. The zero-order valence-electron chi connectivity index (χ0n) is 9.25. The minimum atomic E-state index is 0.0709. The molecule has 1 fully saturated rings. The van der Waals surface area contributed by atoms with Crippen molar-refractivity contribution in [3.8, 4) is 0 Å². The lowest BCUT2D eigenvalue weighted by molar-refractivity contribution is 0.0951. The Morgan fingerprint density at radius 1 is 1.31 bits per heavy atom. The fourth-order valence-electron chi connectivity index (χ4n) is 2.10. The van der Waals surface area contributed by atoms with Gasteiger partial charge in [-0.2, -0.15) is 0 Å². The third-order valence-electron chi connectivity index (χ3n) is 3.35. The van der Waals surface area contributed by atoms with E-state index >= 15 is 0 Å². The third-order valence-corrected chi connectivity index (χ3v) is 3.35. The number of amides is 1. The number of hydrogen-bond acceptors (Lipinski definition) is 2. The maximum atomic E-state index is 11.8. The molecule has 1 saturated carbocycles. The van der Waals surface area contributed by atoms with Gasteiger partial charge < -0.3 is 10.6 Å². The Morgan fingerprint density at radius 3 is 2.94 bits per heavy atom. The van der Waals surface area contributed by atoms with Gasteiger partial charge in [0.15, 0.2) is 0 Å². The van der Waals surface area contributed by atoms with E-state index in [1.54, 1.807) is 0 Å². The maximum absolute atomic E-state index is 11.8. The molecule has 0 aromatic heterocycles. The first-order valence-corrected chi connectivity index (χ1v) is 5.93. The zero-order valence-corrected chi connectivity index (χ0v) is 9.25. The van der Waals surface area contributed by atoms with E-state index in [0.29, 0.717) is 0 Å². The molecule has 0 bridgehead atoms. The summed E-state index contributed by atoms with van der Waals surface area (Å²) < 4.78 is 0. The molecule has 84 valence electrons. The number of fused-ring (bicyclic) bond motifs is 1. The lowest BCUT2D eigenvalue weighted by Crippen LogP contribution is -2.25. The minimum Gasteiger partial charge on any atom is -0.352 e. The van der Waals surface area contributed by atoms with Crippen LogP contribution >= 0.6 is 0 Å². The summed E-state index contributed by atoms with van der Waals surface area (Å²) in [4.78, 5) is 11.8. The number of benzene rings is 1. The Labute approximate surface area is 95.2 Å². The fraction of sp³-hybridized carbons (Fsp3) is 0.462. The summed E-state index contributed by atoms with van der Waals surface area (Å²) in [5.41, 5.74) is 3.38. The first kappa shape index (κ1) is 9.85. The SMILES string of the molecule is O=C(NCC1CC1)c1ccc2c(c1)CNC2. The van der Waals surface area contributed by atoms with Crippen LogP contribution in [0, 0.1) is 5.92 Å². The van der Waals surface area contributed by atoms with Crippen LogP contribution in [0.5, 0.6) is 0 Å². The smallest absolute Gasteiger partial charge is 0.251 e. The van der Waals surface area contributed by atoms with Crippen molar-refractivity contribution in [1.82, 2.24) is 10.6 Å². The van der Waals surface area contributed by atoms with Crippen LogP contribution in [-0.2, 0) is 13.1 Å². The van der Waals surface area contributed by atoms with Crippen molar-refractivity contribution in [3.05, 3.63) is 34.9 Å². The summed E-state index contributed by atoms with van der Waals surface area (Å²) in [6, 6.07) is 5.99. The highest BCUT2D eigenvalue weighted by molar-refractivity contribution is 5.94. The predicted octanol–water partition coefficient (Wildman–Crippen LogP) is 1.43. The number of carbonyl (C=O) groups excluding carboxylic acids is 1. The Bertz CT molecular complexity index is 424. The lowest BCUT2D eigenvalue weighted by Gasteiger charge is -2.05. The van der Waals surface area contributed by atoms with Crippen molar-refractivity contribution in [2.75, 3.05) is 6.54 Å². The summed E-state index contributed by atoms with van der Waals surface area (Å²) in [5, 5.41) is 6.28. The highest BCUT2D eigenvalue weighted by Crippen LogP contribution is 2.27. The Morgan fingerprint density at radius 2 is 2.12 bits per heavy atom. The molecule has 3 rings (SSSR count). The molecule has 0 radical (unpaired) electrons.